The number of likely N-dealkylation sites (tertiary alicyclic amines) is 1. The quantitative estimate of drug-likeness (QED) is 0.582. The van der Waals surface area contributed by atoms with Gasteiger partial charge in [-0.2, -0.15) is 0 Å². The Hall–Kier alpha value is -1.66. The van der Waals surface area contributed by atoms with Gasteiger partial charge in [0.25, 0.3) is 5.91 Å². The highest BCUT2D eigenvalue weighted by atomic mass is 19.1. The molecule has 0 spiro atoms. The van der Waals surface area contributed by atoms with Gasteiger partial charge in [-0.25, -0.2) is 4.39 Å². The number of carbonyl (C=O) groups excluding carboxylic acids is 1. The van der Waals surface area contributed by atoms with Crippen LogP contribution in [-0.2, 0) is 0 Å². The summed E-state index contributed by atoms with van der Waals surface area (Å²) in [6.07, 6.45) is -1.89. The third-order valence-corrected chi connectivity index (χ3v) is 2.79. The van der Waals surface area contributed by atoms with Gasteiger partial charge in [0.15, 0.2) is 0 Å². The molecule has 0 bridgehead atoms. The summed E-state index contributed by atoms with van der Waals surface area (Å²) in [7, 11) is 0. The number of aliphatic hydroxyl groups excluding tert-OH is 2. The number of anilines is 1. The van der Waals surface area contributed by atoms with Gasteiger partial charge >= 0.3 is 0 Å². The number of amides is 1. The number of halogens is 1. The zero-order valence-corrected chi connectivity index (χ0v) is 9.01. The second-order valence-corrected chi connectivity index (χ2v) is 4.08. The zero-order valence-electron chi connectivity index (χ0n) is 9.01. The Bertz CT molecular complexity index is 442. The van der Waals surface area contributed by atoms with Gasteiger partial charge in [0.05, 0.1) is 17.9 Å². The van der Waals surface area contributed by atoms with E-state index in [0.717, 1.165) is 6.07 Å². The maximum absolute atomic E-state index is 13.2. The third kappa shape index (κ3) is 2.22. The van der Waals surface area contributed by atoms with Crippen molar-refractivity contribution in [2.24, 2.45) is 0 Å². The van der Waals surface area contributed by atoms with Crippen molar-refractivity contribution in [2.75, 3.05) is 18.8 Å². The van der Waals surface area contributed by atoms with Gasteiger partial charge in [-0.1, -0.05) is 0 Å². The Labute approximate surface area is 97.3 Å². The lowest BCUT2D eigenvalue weighted by Gasteiger charge is -2.15. The van der Waals surface area contributed by atoms with Gasteiger partial charge in [-0.15, -0.1) is 0 Å². The normalized spacial score (nSPS) is 24.1. The number of β-amino-alcohol motifs (C(OH)–C–C–N with tert-alkyl or cyclic N) is 2. The molecular formula is C11H13FN2O3. The molecule has 5 nitrogen and oxygen atoms in total. The van der Waals surface area contributed by atoms with Crippen LogP contribution in [0, 0.1) is 5.82 Å². The van der Waals surface area contributed by atoms with Crippen molar-refractivity contribution in [2.45, 2.75) is 12.2 Å². The predicted molar refractivity (Wildman–Crippen MR) is 58.7 cm³/mol. The van der Waals surface area contributed by atoms with Crippen molar-refractivity contribution in [1.29, 1.82) is 0 Å². The molecule has 1 saturated heterocycles. The summed E-state index contributed by atoms with van der Waals surface area (Å²) >= 11 is 0. The van der Waals surface area contributed by atoms with Crippen LogP contribution in [0.1, 0.15) is 10.4 Å². The van der Waals surface area contributed by atoms with Crippen molar-refractivity contribution in [1.82, 2.24) is 4.90 Å². The van der Waals surface area contributed by atoms with Crippen molar-refractivity contribution in [3.63, 3.8) is 0 Å². The van der Waals surface area contributed by atoms with Gasteiger partial charge < -0.3 is 20.8 Å². The van der Waals surface area contributed by atoms with Gasteiger partial charge in [0.1, 0.15) is 5.82 Å². The number of hydrogen-bond acceptors (Lipinski definition) is 4. The fraction of sp³-hybridized carbons (Fsp3) is 0.364. The predicted octanol–water partition coefficient (Wildman–Crippen LogP) is -0.415. The van der Waals surface area contributed by atoms with E-state index in [0.29, 0.717) is 0 Å². The van der Waals surface area contributed by atoms with Crippen LogP contribution in [0.5, 0.6) is 0 Å². The number of nitrogens with zero attached hydrogens (tertiary/aromatic N) is 1. The number of aliphatic hydroxyl groups is 2. The fourth-order valence-corrected chi connectivity index (χ4v) is 1.78. The zero-order chi connectivity index (χ0) is 12.6. The highest BCUT2D eigenvalue weighted by Crippen LogP contribution is 2.17. The molecule has 1 heterocycles. The molecule has 6 heteroatoms. The first kappa shape index (κ1) is 11.8. The van der Waals surface area contributed by atoms with E-state index in [1.165, 1.54) is 17.0 Å². The summed E-state index contributed by atoms with van der Waals surface area (Å²) in [5.74, 6) is -1.09. The number of hydrogen-bond donors (Lipinski definition) is 3. The van der Waals surface area contributed by atoms with E-state index in [9.17, 15) is 19.4 Å². The van der Waals surface area contributed by atoms with Crippen LogP contribution in [0.2, 0.25) is 0 Å². The Morgan fingerprint density at radius 3 is 2.47 bits per heavy atom. The van der Waals surface area contributed by atoms with E-state index in [2.05, 4.69) is 0 Å². The molecule has 0 aromatic heterocycles. The number of benzene rings is 1. The summed E-state index contributed by atoms with van der Waals surface area (Å²) in [4.78, 5) is 13.2. The number of rotatable bonds is 1. The van der Waals surface area contributed by atoms with Crippen molar-refractivity contribution >= 4 is 11.6 Å². The standard InChI is InChI=1S/C11H13FN2O3/c12-7-3-6(1-2-8(7)13)11(17)14-4-9(15)10(16)5-14/h1-3,9-10,15-16H,4-5,13H2. The number of nitrogen functional groups attached to an aromatic ring is 1. The molecule has 1 aromatic rings. The highest BCUT2D eigenvalue weighted by Gasteiger charge is 2.33. The van der Waals surface area contributed by atoms with E-state index < -0.39 is 23.9 Å². The van der Waals surface area contributed by atoms with E-state index in [1.54, 1.807) is 0 Å². The number of nitrogens with two attached hydrogens (primary N) is 1. The van der Waals surface area contributed by atoms with Crippen LogP contribution in [0.15, 0.2) is 18.2 Å². The Morgan fingerprint density at radius 1 is 1.35 bits per heavy atom. The van der Waals surface area contributed by atoms with Crippen molar-refractivity contribution in [3.05, 3.63) is 29.6 Å². The fourth-order valence-electron chi connectivity index (χ4n) is 1.78. The van der Waals surface area contributed by atoms with E-state index in [4.69, 9.17) is 5.73 Å². The maximum Gasteiger partial charge on any atom is 0.254 e. The van der Waals surface area contributed by atoms with Crippen LogP contribution in [0.4, 0.5) is 10.1 Å². The molecule has 1 amide bonds. The average molecular weight is 240 g/mol. The molecule has 0 radical (unpaired) electrons. The minimum absolute atomic E-state index is 0.0250. The number of carbonyl (C=O) groups is 1. The average Bonchev–Trinajstić information content (AvgIpc) is 2.62. The van der Waals surface area contributed by atoms with Gasteiger partial charge in [0.2, 0.25) is 0 Å². The van der Waals surface area contributed by atoms with Crippen molar-refractivity contribution < 1.29 is 19.4 Å². The minimum Gasteiger partial charge on any atom is -0.396 e. The second-order valence-electron chi connectivity index (χ2n) is 4.08. The molecule has 2 rings (SSSR count). The van der Waals surface area contributed by atoms with E-state index >= 15 is 0 Å². The molecular weight excluding hydrogens is 227 g/mol. The molecule has 1 aliphatic heterocycles. The maximum atomic E-state index is 13.2. The SMILES string of the molecule is Nc1ccc(C(=O)N2CC(O)C(O)C2)cc1F. The van der Waals surface area contributed by atoms with Gasteiger partial charge in [-0.3, -0.25) is 4.79 Å². The lowest BCUT2D eigenvalue weighted by Crippen LogP contribution is -2.29. The molecule has 2 unspecified atom stereocenters. The summed E-state index contributed by atoms with van der Waals surface area (Å²) in [6, 6.07) is 3.78. The van der Waals surface area contributed by atoms with Crippen LogP contribution in [0.3, 0.4) is 0 Å². The summed E-state index contributed by atoms with van der Waals surface area (Å²) in [6.45, 7) is 0.0952. The monoisotopic (exact) mass is 240 g/mol. The second kappa shape index (κ2) is 4.31. The first-order chi connectivity index (χ1) is 7.99. The molecule has 17 heavy (non-hydrogen) atoms. The highest BCUT2D eigenvalue weighted by molar-refractivity contribution is 5.94. The summed E-state index contributed by atoms with van der Waals surface area (Å²) < 4.78 is 13.2. The summed E-state index contributed by atoms with van der Waals surface area (Å²) in [5.41, 5.74) is 5.43. The van der Waals surface area contributed by atoms with Crippen LogP contribution in [0.25, 0.3) is 0 Å². The molecule has 4 N–H and O–H groups in total. The lowest BCUT2D eigenvalue weighted by atomic mass is 10.2. The van der Waals surface area contributed by atoms with Crippen LogP contribution < -0.4 is 5.73 Å². The largest absolute Gasteiger partial charge is 0.396 e. The molecule has 1 aromatic carbocycles. The van der Waals surface area contributed by atoms with E-state index in [1.807, 2.05) is 0 Å². The minimum atomic E-state index is -0.947. The molecule has 1 fully saturated rings. The summed E-state index contributed by atoms with van der Waals surface area (Å²) in [5, 5.41) is 18.6. The molecule has 0 saturated carbocycles. The first-order valence-electron chi connectivity index (χ1n) is 5.19. The smallest absolute Gasteiger partial charge is 0.254 e. The molecule has 1 aliphatic rings. The topological polar surface area (TPSA) is 86.8 Å². The Kier molecular flexibility index (Phi) is 2.99. The van der Waals surface area contributed by atoms with Crippen LogP contribution >= 0.6 is 0 Å². The van der Waals surface area contributed by atoms with Gasteiger partial charge in [0, 0.05) is 18.7 Å². The first-order valence-corrected chi connectivity index (χ1v) is 5.19. The Balaban J connectivity index is 2.17. The lowest BCUT2D eigenvalue weighted by molar-refractivity contribution is 0.0572. The Morgan fingerprint density at radius 2 is 1.94 bits per heavy atom. The third-order valence-electron chi connectivity index (χ3n) is 2.79. The van der Waals surface area contributed by atoms with Crippen LogP contribution in [-0.4, -0.2) is 46.3 Å². The van der Waals surface area contributed by atoms with Gasteiger partial charge in [-0.05, 0) is 18.2 Å². The van der Waals surface area contributed by atoms with E-state index in [-0.39, 0.29) is 24.3 Å². The van der Waals surface area contributed by atoms with Crippen molar-refractivity contribution in [3.8, 4) is 0 Å². The molecule has 0 aliphatic carbocycles. The molecule has 92 valence electrons. The molecule has 2 atom stereocenters.